The van der Waals surface area contributed by atoms with Crippen molar-refractivity contribution in [1.82, 2.24) is 4.90 Å². The Morgan fingerprint density at radius 1 is 1.10 bits per heavy atom. The summed E-state index contributed by atoms with van der Waals surface area (Å²) in [5.41, 5.74) is 0.783. The molecule has 0 bridgehead atoms. The Balaban J connectivity index is 1.87. The second-order valence-corrected chi connectivity index (χ2v) is 7.65. The van der Waals surface area contributed by atoms with Crippen molar-refractivity contribution in [2.24, 2.45) is 5.92 Å². The van der Waals surface area contributed by atoms with Gasteiger partial charge < -0.3 is 4.90 Å². The number of hydrogen-bond acceptors (Lipinski definition) is 1. The third-order valence-corrected chi connectivity index (χ3v) is 5.85. The predicted octanol–water partition coefficient (Wildman–Crippen LogP) is 5.01. The van der Waals surface area contributed by atoms with Gasteiger partial charge in [0.25, 0.3) is 5.91 Å². The first-order valence-electron chi connectivity index (χ1n) is 7.43. The van der Waals surface area contributed by atoms with Gasteiger partial charge in [0.15, 0.2) is 0 Å². The van der Waals surface area contributed by atoms with Gasteiger partial charge in [0.1, 0.15) is 0 Å². The van der Waals surface area contributed by atoms with E-state index in [4.69, 9.17) is 0 Å². The molecule has 1 aliphatic carbocycles. The van der Waals surface area contributed by atoms with E-state index >= 15 is 0 Å². The quantitative estimate of drug-likeness (QED) is 0.648. The van der Waals surface area contributed by atoms with Crippen molar-refractivity contribution in [2.75, 3.05) is 6.54 Å². The lowest BCUT2D eigenvalue weighted by molar-refractivity contribution is 0.0390. The summed E-state index contributed by atoms with van der Waals surface area (Å²) in [6, 6.07) is 6.30. The van der Waals surface area contributed by atoms with Crippen LogP contribution < -0.4 is 0 Å². The van der Waals surface area contributed by atoms with Gasteiger partial charge in [-0.1, -0.05) is 28.8 Å². The van der Waals surface area contributed by atoms with Crippen LogP contribution >= 0.6 is 31.9 Å². The minimum absolute atomic E-state index is 0.190. The van der Waals surface area contributed by atoms with Gasteiger partial charge in [0.05, 0.1) is 5.56 Å². The molecule has 4 heteroatoms. The molecule has 1 amide bonds. The molecule has 2 nitrogen and oxygen atoms in total. The Bertz CT molecular complexity index is 515. The molecule has 1 saturated heterocycles. The lowest BCUT2D eigenvalue weighted by atomic mass is 9.78. The molecule has 1 heterocycles. The van der Waals surface area contributed by atoms with Crippen LogP contribution in [-0.4, -0.2) is 23.4 Å². The summed E-state index contributed by atoms with van der Waals surface area (Å²) in [5.74, 6) is 0.919. The maximum absolute atomic E-state index is 12.9. The van der Waals surface area contributed by atoms with Crippen LogP contribution in [0.5, 0.6) is 0 Å². The van der Waals surface area contributed by atoms with Gasteiger partial charge in [-0.25, -0.2) is 0 Å². The lowest BCUT2D eigenvalue weighted by Gasteiger charge is -2.44. The number of amides is 1. The molecule has 108 valence electrons. The molecule has 2 atom stereocenters. The number of likely N-dealkylation sites (tertiary alicyclic amines) is 1. The molecule has 20 heavy (non-hydrogen) atoms. The molecule has 3 rings (SSSR count). The van der Waals surface area contributed by atoms with Gasteiger partial charge in [0.2, 0.25) is 0 Å². The number of carbonyl (C=O) groups excluding carboxylic acids is 1. The number of hydrogen-bond donors (Lipinski definition) is 0. The fourth-order valence-electron chi connectivity index (χ4n) is 3.69. The first-order chi connectivity index (χ1) is 9.66. The van der Waals surface area contributed by atoms with Gasteiger partial charge in [-0.2, -0.15) is 0 Å². The molecule has 2 aliphatic rings. The molecular weight excluding hydrogens is 382 g/mol. The van der Waals surface area contributed by atoms with Crippen molar-refractivity contribution in [3.05, 3.63) is 32.7 Å². The Labute approximate surface area is 137 Å². The van der Waals surface area contributed by atoms with Crippen molar-refractivity contribution in [2.45, 2.75) is 44.6 Å². The van der Waals surface area contributed by atoms with Crippen LogP contribution in [0.1, 0.15) is 48.9 Å². The van der Waals surface area contributed by atoms with Crippen molar-refractivity contribution < 1.29 is 4.79 Å². The van der Waals surface area contributed by atoms with Gasteiger partial charge in [-0.05, 0) is 65.7 Å². The molecule has 0 N–H and O–H groups in total. The van der Waals surface area contributed by atoms with E-state index in [-0.39, 0.29) is 5.91 Å². The van der Waals surface area contributed by atoms with E-state index in [2.05, 4.69) is 36.8 Å². The molecule has 0 radical (unpaired) electrons. The molecular formula is C16H19Br2NO. The van der Waals surface area contributed by atoms with E-state index in [1.54, 1.807) is 0 Å². The van der Waals surface area contributed by atoms with Crippen molar-refractivity contribution in [3.8, 4) is 0 Å². The van der Waals surface area contributed by atoms with Gasteiger partial charge in [0, 0.05) is 21.5 Å². The smallest absolute Gasteiger partial charge is 0.255 e. The zero-order valence-corrected chi connectivity index (χ0v) is 14.6. The average molecular weight is 401 g/mol. The van der Waals surface area contributed by atoms with E-state index in [0.29, 0.717) is 6.04 Å². The maximum Gasteiger partial charge on any atom is 0.255 e. The van der Waals surface area contributed by atoms with Crippen LogP contribution in [0.2, 0.25) is 0 Å². The van der Waals surface area contributed by atoms with Gasteiger partial charge in [-0.15, -0.1) is 0 Å². The highest BCUT2D eigenvalue weighted by atomic mass is 79.9. The molecule has 2 fully saturated rings. The first-order valence-corrected chi connectivity index (χ1v) is 9.01. The summed E-state index contributed by atoms with van der Waals surface area (Å²) in [6.45, 7) is 0.916. The summed E-state index contributed by atoms with van der Waals surface area (Å²) < 4.78 is 1.85. The molecule has 1 aromatic carbocycles. The van der Waals surface area contributed by atoms with Crippen LogP contribution in [0.3, 0.4) is 0 Å². The average Bonchev–Trinajstić information content (AvgIpc) is 2.48. The van der Waals surface area contributed by atoms with Gasteiger partial charge >= 0.3 is 0 Å². The van der Waals surface area contributed by atoms with Gasteiger partial charge in [-0.3, -0.25) is 4.79 Å². The largest absolute Gasteiger partial charge is 0.335 e. The Hall–Kier alpha value is -0.350. The summed E-state index contributed by atoms with van der Waals surface area (Å²) in [5, 5.41) is 0. The highest BCUT2D eigenvalue weighted by molar-refractivity contribution is 9.11. The summed E-state index contributed by atoms with van der Waals surface area (Å²) in [4.78, 5) is 15.0. The van der Waals surface area contributed by atoms with Crippen LogP contribution in [0.25, 0.3) is 0 Å². The van der Waals surface area contributed by atoms with E-state index in [1.807, 2.05) is 18.2 Å². The van der Waals surface area contributed by atoms with Crippen molar-refractivity contribution in [3.63, 3.8) is 0 Å². The minimum atomic E-state index is 0.190. The predicted molar refractivity (Wildman–Crippen MR) is 87.9 cm³/mol. The van der Waals surface area contributed by atoms with Crippen LogP contribution in [0, 0.1) is 5.92 Å². The SMILES string of the molecule is O=C(c1cc(Br)ccc1Br)N1CCC[C@H]2CCCC[C@H]21. The Kier molecular flexibility index (Phi) is 4.51. The number of piperidine rings is 1. The topological polar surface area (TPSA) is 20.3 Å². The summed E-state index contributed by atoms with van der Waals surface area (Å²) >= 11 is 6.98. The number of rotatable bonds is 1. The molecule has 1 saturated carbocycles. The molecule has 1 aromatic rings. The number of benzene rings is 1. The van der Waals surface area contributed by atoms with E-state index in [9.17, 15) is 4.79 Å². The third kappa shape index (κ3) is 2.82. The number of fused-ring (bicyclic) bond motifs is 1. The van der Waals surface area contributed by atoms with Crippen molar-refractivity contribution in [1.29, 1.82) is 0 Å². The zero-order chi connectivity index (χ0) is 14.1. The first kappa shape index (κ1) is 14.6. The minimum Gasteiger partial charge on any atom is -0.335 e. The number of carbonyl (C=O) groups is 1. The zero-order valence-electron chi connectivity index (χ0n) is 11.4. The van der Waals surface area contributed by atoms with Crippen LogP contribution in [0.4, 0.5) is 0 Å². The van der Waals surface area contributed by atoms with Crippen molar-refractivity contribution >= 4 is 37.8 Å². The number of halogens is 2. The fourth-order valence-corrected chi connectivity index (χ4v) is 4.47. The second kappa shape index (κ2) is 6.18. The Morgan fingerprint density at radius 3 is 2.70 bits per heavy atom. The standard InChI is InChI=1S/C16H19Br2NO/c17-12-7-8-14(18)13(10-12)16(20)19-9-3-5-11-4-1-2-6-15(11)19/h7-8,10-11,15H,1-6,9H2/t11-,15-/m1/s1. The van der Waals surface area contributed by atoms with E-state index in [0.717, 1.165) is 33.4 Å². The maximum atomic E-state index is 12.9. The molecule has 0 aromatic heterocycles. The normalized spacial score (nSPS) is 26.2. The number of nitrogens with zero attached hydrogens (tertiary/aromatic N) is 1. The molecule has 1 aliphatic heterocycles. The van der Waals surface area contributed by atoms with E-state index in [1.165, 1.54) is 32.1 Å². The summed E-state index contributed by atoms with van der Waals surface area (Å²) in [6.07, 6.45) is 7.54. The second-order valence-electron chi connectivity index (χ2n) is 5.88. The summed E-state index contributed by atoms with van der Waals surface area (Å²) in [7, 11) is 0. The van der Waals surface area contributed by atoms with E-state index < -0.39 is 0 Å². The highest BCUT2D eigenvalue weighted by Crippen LogP contribution is 2.36. The highest BCUT2D eigenvalue weighted by Gasteiger charge is 2.36. The fraction of sp³-hybridized carbons (Fsp3) is 0.562. The monoisotopic (exact) mass is 399 g/mol. The van der Waals surface area contributed by atoms with Crippen LogP contribution in [0.15, 0.2) is 27.1 Å². The molecule has 0 spiro atoms. The lowest BCUT2D eigenvalue weighted by Crippen LogP contribution is -2.49. The Morgan fingerprint density at radius 2 is 1.85 bits per heavy atom. The van der Waals surface area contributed by atoms with Crippen LogP contribution in [-0.2, 0) is 0 Å². The third-order valence-electron chi connectivity index (χ3n) is 4.66. The molecule has 0 unspecified atom stereocenters.